The maximum atomic E-state index is 14.3. The number of urea groups is 1. The van der Waals surface area contributed by atoms with E-state index in [1.165, 1.54) is 0 Å². The minimum atomic E-state index is -3.12. The van der Waals surface area contributed by atoms with Gasteiger partial charge in [0.05, 0.1) is 22.8 Å². The van der Waals surface area contributed by atoms with E-state index in [9.17, 15) is 27.6 Å². The molecule has 1 rings (SSSR count). The van der Waals surface area contributed by atoms with Crippen LogP contribution in [0.15, 0.2) is 10.5 Å². The maximum absolute atomic E-state index is 14.3. The monoisotopic (exact) mass is 484 g/mol. The highest BCUT2D eigenvalue weighted by molar-refractivity contribution is 9.10. The molecular weight excluding hydrogens is 479 g/mol. The first kappa shape index (κ1) is 21.8. The van der Waals surface area contributed by atoms with Crippen molar-refractivity contribution < 1.29 is 32.3 Å². The Morgan fingerprint density at radius 3 is 2.28 bits per heavy atom. The van der Waals surface area contributed by atoms with Crippen LogP contribution in [0.4, 0.5) is 23.7 Å². The van der Waals surface area contributed by atoms with Gasteiger partial charge in [0, 0.05) is 5.56 Å². The second-order valence-corrected chi connectivity index (χ2v) is 7.29. The fourth-order valence-corrected chi connectivity index (χ4v) is 2.14. The molecule has 0 spiro atoms. The Balaban J connectivity index is 3.30. The number of carbonyl (C=O) groups is 3. The summed E-state index contributed by atoms with van der Waals surface area (Å²) in [6, 6.07) is -0.757. The SMILES string of the molecule is COC(=O)c1cc(C(F)F)c(Br)c(F)c1NC(=O)NC(=O)C(Cl)(Cl)Cl. The zero-order valence-corrected chi connectivity index (χ0v) is 15.8. The molecule has 0 unspecified atom stereocenters. The number of rotatable bonds is 3. The van der Waals surface area contributed by atoms with E-state index < -0.39 is 55.2 Å². The van der Waals surface area contributed by atoms with Gasteiger partial charge in [-0.15, -0.1) is 0 Å². The molecule has 0 radical (unpaired) electrons. The van der Waals surface area contributed by atoms with Gasteiger partial charge >= 0.3 is 12.0 Å². The molecular formula is C12H7BrCl3F3N2O4. The van der Waals surface area contributed by atoms with E-state index in [0.717, 1.165) is 7.11 Å². The number of ether oxygens (including phenoxy) is 1. The molecule has 3 amide bonds. The number of anilines is 1. The molecule has 138 valence electrons. The Morgan fingerprint density at radius 1 is 1.28 bits per heavy atom. The van der Waals surface area contributed by atoms with Gasteiger partial charge in [-0.05, 0) is 22.0 Å². The minimum Gasteiger partial charge on any atom is -0.465 e. The van der Waals surface area contributed by atoms with Crippen molar-refractivity contribution in [2.75, 3.05) is 12.4 Å². The van der Waals surface area contributed by atoms with Gasteiger partial charge in [0.1, 0.15) is 0 Å². The summed E-state index contributed by atoms with van der Waals surface area (Å²) in [6.07, 6.45) is -3.12. The van der Waals surface area contributed by atoms with Crippen molar-refractivity contribution in [1.82, 2.24) is 5.32 Å². The summed E-state index contributed by atoms with van der Waals surface area (Å²) in [7, 11) is 0.917. The first-order valence-electron chi connectivity index (χ1n) is 5.97. The molecule has 0 fully saturated rings. The smallest absolute Gasteiger partial charge is 0.340 e. The predicted molar refractivity (Wildman–Crippen MR) is 87.8 cm³/mol. The van der Waals surface area contributed by atoms with E-state index in [2.05, 4.69) is 20.7 Å². The molecule has 0 aliphatic carbocycles. The van der Waals surface area contributed by atoms with E-state index in [-0.39, 0.29) is 0 Å². The second-order valence-electron chi connectivity index (χ2n) is 4.21. The Kier molecular flexibility index (Phi) is 7.36. The van der Waals surface area contributed by atoms with E-state index in [4.69, 9.17) is 34.8 Å². The van der Waals surface area contributed by atoms with Crippen LogP contribution < -0.4 is 10.6 Å². The molecule has 0 atom stereocenters. The number of esters is 1. The van der Waals surface area contributed by atoms with Crippen molar-refractivity contribution in [3.05, 3.63) is 27.5 Å². The van der Waals surface area contributed by atoms with Crippen LogP contribution in [0.5, 0.6) is 0 Å². The zero-order valence-electron chi connectivity index (χ0n) is 11.9. The fraction of sp³-hybridized carbons (Fsp3) is 0.250. The lowest BCUT2D eigenvalue weighted by Crippen LogP contribution is -2.41. The van der Waals surface area contributed by atoms with Crippen molar-refractivity contribution in [2.24, 2.45) is 0 Å². The highest BCUT2D eigenvalue weighted by atomic mass is 79.9. The van der Waals surface area contributed by atoms with Gasteiger partial charge < -0.3 is 10.1 Å². The summed E-state index contributed by atoms with van der Waals surface area (Å²) in [5.41, 5.74) is -2.38. The number of imide groups is 1. The van der Waals surface area contributed by atoms with Crippen LogP contribution in [0.2, 0.25) is 0 Å². The Bertz CT molecular complexity index is 729. The Morgan fingerprint density at radius 2 is 1.84 bits per heavy atom. The van der Waals surface area contributed by atoms with Gasteiger partial charge in [0.25, 0.3) is 16.1 Å². The summed E-state index contributed by atoms with van der Waals surface area (Å²) < 4.78 is 41.3. The number of alkyl halides is 5. The molecule has 0 aliphatic rings. The quantitative estimate of drug-likeness (QED) is 0.492. The molecule has 1 aromatic carbocycles. The van der Waals surface area contributed by atoms with Crippen LogP contribution in [0, 0.1) is 5.82 Å². The van der Waals surface area contributed by atoms with Crippen molar-refractivity contribution >= 4 is 74.3 Å². The molecule has 2 N–H and O–H groups in total. The predicted octanol–water partition coefficient (Wildman–Crippen LogP) is 4.33. The molecule has 0 saturated carbocycles. The lowest BCUT2D eigenvalue weighted by Gasteiger charge is -2.16. The van der Waals surface area contributed by atoms with Crippen LogP contribution in [-0.2, 0) is 9.53 Å². The average molecular weight is 486 g/mol. The van der Waals surface area contributed by atoms with E-state index in [1.54, 1.807) is 10.6 Å². The second kappa shape index (κ2) is 8.43. The molecule has 0 aromatic heterocycles. The maximum Gasteiger partial charge on any atom is 0.340 e. The number of halogens is 7. The Hall–Kier alpha value is -1.23. The number of hydrogen-bond donors (Lipinski definition) is 2. The largest absolute Gasteiger partial charge is 0.465 e. The third-order valence-electron chi connectivity index (χ3n) is 2.60. The number of hydrogen-bond acceptors (Lipinski definition) is 4. The number of carbonyl (C=O) groups excluding carboxylic acids is 3. The van der Waals surface area contributed by atoms with Crippen LogP contribution in [-0.4, -0.2) is 28.8 Å². The molecule has 6 nitrogen and oxygen atoms in total. The molecule has 0 heterocycles. The first-order valence-corrected chi connectivity index (χ1v) is 7.90. The van der Waals surface area contributed by atoms with Crippen LogP contribution in [0.1, 0.15) is 22.3 Å². The zero-order chi connectivity index (χ0) is 19.5. The Labute approximate surface area is 162 Å². The average Bonchev–Trinajstić information content (AvgIpc) is 2.49. The molecule has 25 heavy (non-hydrogen) atoms. The summed E-state index contributed by atoms with van der Waals surface area (Å²) in [5, 5.41) is 3.38. The molecule has 0 bridgehead atoms. The topological polar surface area (TPSA) is 84.5 Å². The highest BCUT2D eigenvalue weighted by Gasteiger charge is 2.33. The number of nitrogens with one attached hydrogen (secondary N) is 2. The third kappa shape index (κ3) is 5.37. The van der Waals surface area contributed by atoms with E-state index in [0.29, 0.717) is 6.07 Å². The number of benzene rings is 1. The first-order chi connectivity index (χ1) is 11.4. The molecule has 1 aromatic rings. The van der Waals surface area contributed by atoms with Crippen molar-refractivity contribution in [2.45, 2.75) is 10.2 Å². The fourth-order valence-electron chi connectivity index (χ4n) is 1.52. The minimum absolute atomic E-state index is 0.621. The summed E-state index contributed by atoms with van der Waals surface area (Å²) in [6.45, 7) is 0. The lowest BCUT2D eigenvalue weighted by atomic mass is 10.1. The van der Waals surface area contributed by atoms with Gasteiger partial charge in [-0.2, -0.15) is 0 Å². The van der Waals surface area contributed by atoms with Crippen molar-refractivity contribution in [3.63, 3.8) is 0 Å². The van der Waals surface area contributed by atoms with Gasteiger partial charge in [0.2, 0.25) is 0 Å². The van der Waals surface area contributed by atoms with Crippen LogP contribution >= 0.6 is 50.7 Å². The summed E-state index contributed by atoms with van der Waals surface area (Å²) in [4.78, 5) is 34.8. The van der Waals surface area contributed by atoms with Crippen molar-refractivity contribution in [3.8, 4) is 0 Å². The van der Waals surface area contributed by atoms with E-state index >= 15 is 0 Å². The molecule has 13 heteroatoms. The normalized spacial score (nSPS) is 11.2. The number of amides is 3. The summed E-state index contributed by atoms with van der Waals surface area (Å²) in [5.74, 6) is -3.97. The van der Waals surface area contributed by atoms with Crippen LogP contribution in [0.25, 0.3) is 0 Å². The van der Waals surface area contributed by atoms with Gasteiger partial charge in [-0.25, -0.2) is 22.8 Å². The van der Waals surface area contributed by atoms with E-state index in [1.807, 2.05) is 0 Å². The van der Waals surface area contributed by atoms with Gasteiger partial charge in [-0.3, -0.25) is 10.1 Å². The lowest BCUT2D eigenvalue weighted by molar-refractivity contribution is -0.119. The van der Waals surface area contributed by atoms with Crippen LogP contribution in [0.3, 0.4) is 0 Å². The van der Waals surface area contributed by atoms with Crippen molar-refractivity contribution in [1.29, 1.82) is 0 Å². The van der Waals surface area contributed by atoms with Gasteiger partial charge in [0.15, 0.2) is 5.82 Å². The highest BCUT2D eigenvalue weighted by Crippen LogP contribution is 2.36. The standard InChI is InChI=1S/C12H7BrCl3F3N2O4/c1-25-9(22)4-2-3(8(18)19)5(13)6(17)7(4)20-11(24)21-10(23)12(14,15)16/h2,8H,1H3,(H2,20,21,23,24). The summed E-state index contributed by atoms with van der Waals surface area (Å²) >= 11 is 18.3. The third-order valence-corrected chi connectivity index (χ3v) is 3.92. The van der Waals surface area contributed by atoms with Gasteiger partial charge in [-0.1, -0.05) is 34.8 Å². The molecule has 0 aliphatic heterocycles. The molecule has 0 saturated heterocycles. The number of methoxy groups -OCH3 is 1.